The number of aromatic nitrogens is 2. The van der Waals surface area contributed by atoms with Crippen molar-refractivity contribution in [2.45, 2.75) is 6.92 Å². The van der Waals surface area contributed by atoms with Crippen molar-refractivity contribution in [2.75, 3.05) is 36.0 Å². The average Bonchev–Trinajstić information content (AvgIpc) is 3.13. The van der Waals surface area contributed by atoms with E-state index in [9.17, 15) is 0 Å². The molecule has 2 heterocycles. The molecule has 1 fully saturated rings. The normalized spacial score (nSPS) is 14.9. The van der Waals surface area contributed by atoms with E-state index in [1.807, 2.05) is 30.3 Å². The minimum absolute atomic E-state index is 0.576. The smallest absolute Gasteiger partial charge is 0.266 e. The van der Waals surface area contributed by atoms with Gasteiger partial charge in [-0.05, 0) is 35.8 Å². The van der Waals surface area contributed by atoms with Crippen LogP contribution in [0.3, 0.4) is 0 Å². The molecule has 0 saturated carbocycles. The summed E-state index contributed by atoms with van der Waals surface area (Å²) in [5.74, 6) is 1.25. The Kier molecular flexibility index (Phi) is 3.91. The number of para-hydroxylation sites is 1. The maximum Gasteiger partial charge on any atom is 0.266 e. The minimum Gasteiger partial charge on any atom is -0.368 e. The third-order valence-corrected chi connectivity index (χ3v) is 4.45. The van der Waals surface area contributed by atoms with Crippen LogP contribution in [0.5, 0.6) is 0 Å². The third-order valence-electron chi connectivity index (χ3n) is 4.45. The van der Waals surface area contributed by atoms with Crippen molar-refractivity contribution in [2.24, 2.45) is 0 Å². The van der Waals surface area contributed by atoms with Crippen molar-refractivity contribution < 1.29 is 4.52 Å². The molecule has 0 spiro atoms. The molecule has 0 bridgehead atoms. The summed E-state index contributed by atoms with van der Waals surface area (Å²) < 4.78 is 5.42. The zero-order chi connectivity index (χ0) is 16.4. The molecule has 0 atom stereocenters. The van der Waals surface area contributed by atoms with Crippen LogP contribution in [-0.4, -0.2) is 36.3 Å². The van der Waals surface area contributed by atoms with E-state index in [1.165, 1.54) is 11.3 Å². The van der Waals surface area contributed by atoms with Crippen LogP contribution in [0.15, 0.2) is 59.1 Å². The molecule has 4 rings (SSSR count). The minimum atomic E-state index is 0.576. The fraction of sp³-hybridized carbons (Fsp3) is 0.263. The van der Waals surface area contributed by atoms with E-state index in [0.717, 1.165) is 31.7 Å². The molecule has 1 saturated heterocycles. The Bertz CT molecular complexity index is 807. The molecule has 2 aromatic carbocycles. The molecule has 122 valence electrons. The Hall–Kier alpha value is -2.82. The van der Waals surface area contributed by atoms with Crippen molar-refractivity contribution in [3.05, 3.63) is 60.2 Å². The van der Waals surface area contributed by atoms with E-state index in [0.29, 0.717) is 11.8 Å². The Morgan fingerprint density at radius 1 is 0.833 bits per heavy atom. The molecule has 1 aliphatic heterocycles. The van der Waals surface area contributed by atoms with Gasteiger partial charge in [0.15, 0.2) is 0 Å². The maximum absolute atomic E-state index is 5.42. The first-order chi connectivity index (χ1) is 11.8. The van der Waals surface area contributed by atoms with Gasteiger partial charge in [-0.15, -0.1) is 0 Å². The van der Waals surface area contributed by atoms with Crippen LogP contribution >= 0.6 is 0 Å². The van der Waals surface area contributed by atoms with E-state index < -0.39 is 0 Å². The number of rotatable bonds is 3. The monoisotopic (exact) mass is 320 g/mol. The molecule has 0 radical (unpaired) electrons. The van der Waals surface area contributed by atoms with E-state index in [-0.39, 0.29) is 0 Å². The highest BCUT2D eigenvalue weighted by molar-refractivity contribution is 5.56. The van der Waals surface area contributed by atoms with Crippen molar-refractivity contribution in [3.63, 3.8) is 0 Å². The summed E-state index contributed by atoms with van der Waals surface area (Å²) in [6.45, 7) is 5.86. The summed E-state index contributed by atoms with van der Waals surface area (Å²) in [6, 6.07) is 18.4. The zero-order valence-electron chi connectivity index (χ0n) is 13.7. The van der Waals surface area contributed by atoms with Gasteiger partial charge in [0.1, 0.15) is 0 Å². The molecule has 0 N–H and O–H groups in total. The largest absolute Gasteiger partial charge is 0.368 e. The van der Waals surface area contributed by atoms with Crippen molar-refractivity contribution in [1.29, 1.82) is 0 Å². The molecule has 5 nitrogen and oxygen atoms in total. The predicted octanol–water partition coefficient (Wildman–Crippen LogP) is 3.37. The Balaban J connectivity index is 1.45. The molecule has 0 unspecified atom stereocenters. The number of anilines is 2. The second-order valence-electron chi connectivity index (χ2n) is 6.03. The predicted molar refractivity (Wildman–Crippen MR) is 95.3 cm³/mol. The first kappa shape index (κ1) is 14.8. The highest BCUT2D eigenvalue weighted by atomic mass is 16.5. The molecule has 3 aromatic rings. The lowest BCUT2D eigenvalue weighted by atomic mass is 10.1. The topological polar surface area (TPSA) is 45.4 Å². The van der Waals surface area contributed by atoms with Gasteiger partial charge in [-0.3, -0.25) is 0 Å². The van der Waals surface area contributed by atoms with Crippen LogP contribution in [0.1, 0.15) is 5.56 Å². The number of hydrogen-bond acceptors (Lipinski definition) is 5. The number of aryl methyl sites for hydroxylation is 1. The number of nitrogens with zero attached hydrogens (tertiary/aromatic N) is 4. The molecule has 5 heteroatoms. The number of benzene rings is 2. The van der Waals surface area contributed by atoms with Crippen LogP contribution in [0.2, 0.25) is 0 Å². The summed E-state index contributed by atoms with van der Waals surface area (Å²) in [6.07, 6.45) is 0. The summed E-state index contributed by atoms with van der Waals surface area (Å²) in [5.41, 5.74) is 3.59. The van der Waals surface area contributed by atoms with Gasteiger partial charge < -0.3 is 14.3 Å². The van der Waals surface area contributed by atoms with Crippen LogP contribution in [0, 0.1) is 6.92 Å². The van der Waals surface area contributed by atoms with Gasteiger partial charge in [-0.1, -0.05) is 36.4 Å². The van der Waals surface area contributed by atoms with E-state index in [2.05, 4.69) is 51.1 Å². The molecular weight excluding hydrogens is 300 g/mol. The van der Waals surface area contributed by atoms with Crippen LogP contribution < -0.4 is 9.80 Å². The van der Waals surface area contributed by atoms with Crippen molar-refractivity contribution >= 4 is 11.6 Å². The standard InChI is InChI=1S/C19H20N4O/c1-15-7-5-6-10-17(15)22-11-13-23(14-12-22)19-20-18(24-21-19)16-8-3-2-4-9-16/h2-10H,11-14H2,1H3. The maximum atomic E-state index is 5.42. The summed E-state index contributed by atoms with van der Waals surface area (Å²) in [7, 11) is 0. The summed E-state index contributed by atoms with van der Waals surface area (Å²) in [5, 5.41) is 4.15. The third kappa shape index (κ3) is 2.85. The van der Waals surface area contributed by atoms with Crippen LogP contribution in [0.25, 0.3) is 11.5 Å². The lowest BCUT2D eigenvalue weighted by molar-refractivity contribution is 0.428. The van der Waals surface area contributed by atoms with Crippen LogP contribution in [0.4, 0.5) is 11.6 Å². The second kappa shape index (κ2) is 6.35. The van der Waals surface area contributed by atoms with Gasteiger partial charge in [-0.25, -0.2) is 0 Å². The van der Waals surface area contributed by atoms with Gasteiger partial charge in [0, 0.05) is 37.4 Å². The highest BCUT2D eigenvalue weighted by Crippen LogP contribution is 2.24. The van der Waals surface area contributed by atoms with Crippen LogP contribution in [-0.2, 0) is 0 Å². The fourth-order valence-corrected chi connectivity index (χ4v) is 3.11. The van der Waals surface area contributed by atoms with Gasteiger partial charge in [0.05, 0.1) is 0 Å². The number of piperazine rings is 1. The second-order valence-corrected chi connectivity index (χ2v) is 6.03. The average molecular weight is 320 g/mol. The van der Waals surface area contributed by atoms with Gasteiger partial charge >= 0.3 is 0 Å². The molecule has 24 heavy (non-hydrogen) atoms. The molecule has 0 amide bonds. The summed E-state index contributed by atoms with van der Waals surface area (Å²) >= 11 is 0. The van der Waals surface area contributed by atoms with Crippen molar-refractivity contribution in [1.82, 2.24) is 10.1 Å². The first-order valence-electron chi connectivity index (χ1n) is 8.26. The summed E-state index contributed by atoms with van der Waals surface area (Å²) in [4.78, 5) is 9.16. The van der Waals surface area contributed by atoms with Crippen molar-refractivity contribution in [3.8, 4) is 11.5 Å². The zero-order valence-corrected chi connectivity index (χ0v) is 13.7. The SMILES string of the molecule is Cc1ccccc1N1CCN(c2noc(-c3ccccc3)n2)CC1. The van der Waals surface area contributed by atoms with Gasteiger partial charge in [0.25, 0.3) is 11.8 Å². The Morgan fingerprint density at radius 2 is 1.50 bits per heavy atom. The van der Waals surface area contributed by atoms with Gasteiger partial charge in [0.2, 0.25) is 0 Å². The quantitative estimate of drug-likeness (QED) is 0.740. The molecular formula is C19H20N4O. The fourth-order valence-electron chi connectivity index (χ4n) is 3.11. The van der Waals surface area contributed by atoms with E-state index in [4.69, 9.17) is 4.52 Å². The Labute approximate surface area is 141 Å². The van der Waals surface area contributed by atoms with E-state index in [1.54, 1.807) is 0 Å². The molecule has 0 aliphatic carbocycles. The molecule has 1 aromatic heterocycles. The van der Waals surface area contributed by atoms with Gasteiger partial charge in [-0.2, -0.15) is 4.98 Å². The number of hydrogen-bond donors (Lipinski definition) is 0. The lowest BCUT2D eigenvalue weighted by Crippen LogP contribution is -2.47. The highest BCUT2D eigenvalue weighted by Gasteiger charge is 2.22. The molecule has 1 aliphatic rings. The first-order valence-corrected chi connectivity index (χ1v) is 8.26. The lowest BCUT2D eigenvalue weighted by Gasteiger charge is -2.36. The Morgan fingerprint density at radius 3 is 2.25 bits per heavy atom. The van der Waals surface area contributed by atoms with E-state index >= 15 is 0 Å².